The van der Waals surface area contributed by atoms with Gasteiger partial charge in [-0.3, -0.25) is 14.5 Å². The molecule has 0 atom stereocenters. The van der Waals surface area contributed by atoms with Gasteiger partial charge in [0, 0.05) is 68.0 Å². The third-order valence-corrected chi connectivity index (χ3v) is 7.01. The van der Waals surface area contributed by atoms with Crippen LogP contribution < -0.4 is 4.90 Å². The number of amides is 1. The van der Waals surface area contributed by atoms with Crippen LogP contribution in [0, 0.1) is 12.8 Å². The number of piperidine rings is 1. The van der Waals surface area contributed by atoms with E-state index in [9.17, 15) is 9.59 Å². The predicted octanol–water partition coefficient (Wildman–Crippen LogP) is 4.26. The number of aryl methyl sites for hydroxylation is 1. The molecule has 0 aliphatic carbocycles. The molecule has 2 heterocycles. The zero-order valence-electron chi connectivity index (χ0n) is 19.6. The summed E-state index contributed by atoms with van der Waals surface area (Å²) in [6.07, 6.45) is 1.47. The summed E-state index contributed by atoms with van der Waals surface area (Å²) in [7, 11) is 0. The van der Waals surface area contributed by atoms with Gasteiger partial charge in [0.15, 0.2) is 5.78 Å². The zero-order valence-corrected chi connectivity index (χ0v) is 19.6. The van der Waals surface area contributed by atoms with Crippen molar-refractivity contribution in [2.24, 2.45) is 5.92 Å². The van der Waals surface area contributed by atoms with E-state index >= 15 is 0 Å². The highest BCUT2D eigenvalue weighted by molar-refractivity contribution is 5.98. The number of hydrogen-bond acceptors (Lipinski definition) is 4. The summed E-state index contributed by atoms with van der Waals surface area (Å²) in [5.41, 5.74) is 3.86. The summed E-state index contributed by atoms with van der Waals surface area (Å²) in [6, 6.07) is 16.5. The largest absolute Gasteiger partial charge is 0.369 e. The number of nitrogens with zero attached hydrogens (tertiary/aromatic N) is 3. The van der Waals surface area contributed by atoms with Crippen molar-refractivity contribution in [3.05, 3.63) is 65.2 Å². The molecule has 1 amide bonds. The van der Waals surface area contributed by atoms with Crippen molar-refractivity contribution in [3.8, 4) is 0 Å². The molecule has 32 heavy (non-hydrogen) atoms. The SMILES string of the molecule is Cc1ccc(C(=O)C2CCN(C(=O)c3ccc(N4CCN(C(C)C)CC4)cc3)CC2)cc1. The summed E-state index contributed by atoms with van der Waals surface area (Å²) in [6.45, 7) is 12.0. The van der Waals surface area contributed by atoms with Crippen molar-refractivity contribution >= 4 is 17.4 Å². The molecule has 0 bridgehead atoms. The van der Waals surface area contributed by atoms with Crippen LogP contribution in [-0.2, 0) is 0 Å². The van der Waals surface area contributed by atoms with Gasteiger partial charge in [-0.1, -0.05) is 29.8 Å². The van der Waals surface area contributed by atoms with Gasteiger partial charge in [0.25, 0.3) is 5.91 Å². The molecular formula is C27H35N3O2. The highest BCUT2D eigenvalue weighted by Crippen LogP contribution is 2.24. The maximum atomic E-state index is 13.0. The van der Waals surface area contributed by atoms with E-state index in [1.165, 1.54) is 5.69 Å². The Morgan fingerprint density at radius 1 is 0.781 bits per heavy atom. The number of anilines is 1. The molecule has 2 aromatic rings. The van der Waals surface area contributed by atoms with E-state index < -0.39 is 0 Å². The summed E-state index contributed by atoms with van der Waals surface area (Å²) >= 11 is 0. The fourth-order valence-corrected chi connectivity index (χ4v) is 4.79. The summed E-state index contributed by atoms with van der Waals surface area (Å²) in [4.78, 5) is 32.6. The Labute approximate surface area is 192 Å². The molecule has 0 unspecified atom stereocenters. The average Bonchev–Trinajstić information content (AvgIpc) is 2.84. The summed E-state index contributed by atoms with van der Waals surface area (Å²) < 4.78 is 0. The molecule has 2 aliphatic rings. The fourth-order valence-electron chi connectivity index (χ4n) is 4.79. The van der Waals surface area contributed by atoms with Crippen LogP contribution in [-0.4, -0.2) is 66.8 Å². The Hall–Kier alpha value is -2.66. The fraction of sp³-hybridized carbons (Fsp3) is 0.481. The number of carbonyl (C=O) groups excluding carboxylic acids is 2. The topological polar surface area (TPSA) is 43.9 Å². The van der Waals surface area contributed by atoms with Gasteiger partial charge in [0.1, 0.15) is 0 Å². The first-order valence-electron chi connectivity index (χ1n) is 11.9. The van der Waals surface area contributed by atoms with Crippen molar-refractivity contribution < 1.29 is 9.59 Å². The lowest BCUT2D eigenvalue weighted by Gasteiger charge is -2.38. The van der Waals surface area contributed by atoms with Gasteiger partial charge in [-0.05, 0) is 57.9 Å². The van der Waals surface area contributed by atoms with Gasteiger partial charge in [-0.15, -0.1) is 0 Å². The number of rotatable bonds is 5. The van der Waals surface area contributed by atoms with Gasteiger partial charge in [-0.25, -0.2) is 0 Å². The Balaban J connectivity index is 1.30. The van der Waals surface area contributed by atoms with Crippen molar-refractivity contribution in [3.63, 3.8) is 0 Å². The summed E-state index contributed by atoms with van der Waals surface area (Å²) in [5, 5.41) is 0. The molecule has 0 saturated carbocycles. The van der Waals surface area contributed by atoms with E-state index in [0.29, 0.717) is 19.1 Å². The van der Waals surface area contributed by atoms with E-state index in [0.717, 1.165) is 55.7 Å². The monoisotopic (exact) mass is 433 g/mol. The first-order valence-corrected chi connectivity index (χ1v) is 11.9. The molecule has 2 saturated heterocycles. The van der Waals surface area contributed by atoms with Crippen molar-refractivity contribution in [2.75, 3.05) is 44.2 Å². The van der Waals surface area contributed by atoms with Crippen LogP contribution in [0.4, 0.5) is 5.69 Å². The summed E-state index contributed by atoms with van der Waals surface area (Å²) in [5.74, 6) is 0.287. The molecule has 2 fully saturated rings. The van der Waals surface area contributed by atoms with Crippen LogP contribution in [0.15, 0.2) is 48.5 Å². The van der Waals surface area contributed by atoms with Crippen LogP contribution in [0.2, 0.25) is 0 Å². The highest BCUT2D eigenvalue weighted by atomic mass is 16.2. The number of ketones is 1. The van der Waals surface area contributed by atoms with Crippen molar-refractivity contribution in [1.82, 2.24) is 9.80 Å². The van der Waals surface area contributed by atoms with Crippen LogP contribution >= 0.6 is 0 Å². The van der Waals surface area contributed by atoms with Gasteiger partial charge >= 0.3 is 0 Å². The molecule has 170 valence electrons. The third kappa shape index (κ3) is 5.04. The van der Waals surface area contributed by atoms with Crippen LogP contribution in [0.25, 0.3) is 0 Å². The van der Waals surface area contributed by atoms with E-state index in [4.69, 9.17) is 0 Å². The first-order chi connectivity index (χ1) is 15.4. The van der Waals surface area contributed by atoms with Crippen molar-refractivity contribution in [2.45, 2.75) is 39.7 Å². The Morgan fingerprint density at radius 3 is 1.91 bits per heavy atom. The minimum absolute atomic E-state index is 0.00800. The highest BCUT2D eigenvalue weighted by Gasteiger charge is 2.28. The number of benzene rings is 2. The Bertz CT molecular complexity index is 920. The van der Waals surface area contributed by atoms with Gasteiger partial charge in [-0.2, -0.15) is 0 Å². The average molecular weight is 434 g/mol. The quantitative estimate of drug-likeness (QED) is 0.661. The minimum atomic E-state index is 0.00800. The lowest BCUT2D eigenvalue weighted by Crippen LogP contribution is -2.48. The number of carbonyl (C=O) groups is 2. The van der Waals surface area contributed by atoms with Gasteiger partial charge < -0.3 is 9.80 Å². The smallest absolute Gasteiger partial charge is 0.253 e. The standard InChI is InChI=1S/C27H35N3O2/c1-20(2)28-16-18-29(19-17-28)25-10-8-24(9-11-25)27(32)30-14-12-23(13-15-30)26(31)22-6-4-21(3)5-7-22/h4-11,20,23H,12-19H2,1-3H3. The third-order valence-electron chi connectivity index (χ3n) is 7.01. The molecule has 0 spiro atoms. The maximum Gasteiger partial charge on any atom is 0.253 e. The number of piperazine rings is 1. The van der Waals surface area contributed by atoms with Gasteiger partial charge in [0.05, 0.1) is 0 Å². The molecule has 5 nitrogen and oxygen atoms in total. The molecule has 0 radical (unpaired) electrons. The van der Waals surface area contributed by atoms with E-state index in [1.54, 1.807) is 0 Å². The van der Waals surface area contributed by atoms with E-state index in [1.807, 2.05) is 48.2 Å². The minimum Gasteiger partial charge on any atom is -0.369 e. The van der Waals surface area contributed by atoms with E-state index in [2.05, 4.69) is 35.8 Å². The second-order valence-electron chi connectivity index (χ2n) is 9.46. The molecule has 4 rings (SSSR count). The zero-order chi connectivity index (χ0) is 22.7. The van der Waals surface area contributed by atoms with E-state index in [-0.39, 0.29) is 17.6 Å². The first kappa shape index (κ1) is 22.5. The molecular weight excluding hydrogens is 398 g/mol. The van der Waals surface area contributed by atoms with Gasteiger partial charge in [0.2, 0.25) is 0 Å². The second-order valence-corrected chi connectivity index (χ2v) is 9.46. The second kappa shape index (κ2) is 9.86. The number of likely N-dealkylation sites (tertiary alicyclic amines) is 1. The van der Waals surface area contributed by atoms with Crippen LogP contribution in [0.5, 0.6) is 0 Å². The lowest BCUT2D eigenvalue weighted by atomic mass is 9.88. The number of hydrogen-bond donors (Lipinski definition) is 0. The van der Waals surface area contributed by atoms with Crippen LogP contribution in [0.1, 0.15) is 53.0 Å². The molecule has 0 N–H and O–H groups in total. The molecule has 2 aliphatic heterocycles. The Kier molecular flexibility index (Phi) is 6.95. The lowest BCUT2D eigenvalue weighted by molar-refractivity contribution is 0.0650. The predicted molar refractivity (Wildman–Crippen MR) is 130 cm³/mol. The Morgan fingerprint density at radius 2 is 1.34 bits per heavy atom. The maximum absolute atomic E-state index is 13.0. The molecule has 5 heteroatoms. The molecule has 0 aromatic heterocycles. The number of Topliss-reactive ketones (excluding diaryl/α,β-unsaturated/α-hetero) is 1. The van der Waals surface area contributed by atoms with Crippen LogP contribution in [0.3, 0.4) is 0 Å². The molecule has 2 aromatic carbocycles. The normalized spacial score (nSPS) is 18.2. The van der Waals surface area contributed by atoms with Crippen molar-refractivity contribution in [1.29, 1.82) is 0 Å².